The second kappa shape index (κ2) is 5.93. The Labute approximate surface area is 128 Å². The van der Waals surface area contributed by atoms with E-state index >= 15 is 0 Å². The Kier molecular flexibility index (Phi) is 3.98. The van der Waals surface area contributed by atoms with Crippen molar-refractivity contribution in [2.24, 2.45) is 0 Å². The molecule has 2 aromatic rings. The van der Waals surface area contributed by atoms with Crippen LogP contribution < -0.4 is 5.56 Å². The molecule has 1 aromatic heterocycles. The molecule has 1 aromatic carbocycles. The second-order valence-corrected chi connectivity index (χ2v) is 5.97. The molecule has 0 spiro atoms. The number of fused-ring (bicyclic) bond motifs is 1. The number of nitrogens with zero attached hydrogens (tertiary/aromatic N) is 1. The number of amides is 1. The molecule has 2 heterocycles. The molecule has 3 rings (SSSR count). The Morgan fingerprint density at radius 1 is 1.45 bits per heavy atom. The van der Waals surface area contributed by atoms with E-state index < -0.39 is 6.10 Å². The molecule has 22 heavy (non-hydrogen) atoms. The Morgan fingerprint density at radius 3 is 3.00 bits per heavy atom. The fraction of sp³-hybridized carbons (Fsp3) is 0.412. The average Bonchev–Trinajstić information content (AvgIpc) is 2.92. The minimum Gasteiger partial charge on any atom is -0.393 e. The standard InChI is InChI=1S/C17H20N2O3/c1-11(20)9-12-5-4-8-19(12)17(22)14-10-16(21)18-15-7-3-2-6-13(14)15/h2-3,6-7,10-12,20H,4-5,8-9H2,1H3,(H,18,21). The van der Waals surface area contributed by atoms with Gasteiger partial charge in [0.2, 0.25) is 5.56 Å². The van der Waals surface area contributed by atoms with Crippen LogP contribution in [0.25, 0.3) is 10.9 Å². The summed E-state index contributed by atoms with van der Waals surface area (Å²) in [6, 6.07) is 8.75. The van der Waals surface area contributed by atoms with Crippen molar-refractivity contribution in [1.29, 1.82) is 0 Å². The summed E-state index contributed by atoms with van der Waals surface area (Å²) in [5.41, 5.74) is 0.842. The third-order valence-electron chi connectivity index (χ3n) is 4.23. The molecule has 0 saturated carbocycles. The summed E-state index contributed by atoms with van der Waals surface area (Å²) in [4.78, 5) is 29.3. The van der Waals surface area contributed by atoms with Crippen LogP contribution in [0.1, 0.15) is 36.5 Å². The number of H-pyrrole nitrogens is 1. The number of pyridine rings is 1. The largest absolute Gasteiger partial charge is 0.393 e. The first-order valence-corrected chi connectivity index (χ1v) is 7.67. The molecule has 1 aliphatic rings. The first-order chi connectivity index (χ1) is 10.6. The van der Waals surface area contributed by atoms with E-state index in [1.807, 2.05) is 18.2 Å². The number of benzene rings is 1. The number of aromatic amines is 1. The number of hydrogen-bond acceptors (Lipinski definition) is 3. The molecule has 0 bridgehead atoms. The number of likely N-dealkylation sites (tertiary alicyclic amines) is 1. The number of aliphatic hydroxyl groups is 1. The monoisotopic (exact) mass is 300 g/mol. The molecule has 1 saturated heterocycles. The van der Waals surface area contributed by atoms with E-state index in [1.165, 1.54) is 6.07 Å². The SMILES string of the molecule is CC(O)CC1CCCN1C(=O)c1cc(=O)[nH]c2ccccc12. The maximum atomic E-state index is 12.9. The maximum absolute atomic E-state index is 12.9. The van der Waals surface area contributed by atoms with Crippen LogP contribution in [-0.2, 0) is 0 Å². The van der Waals surface area contributed by atoms with Crippen molar-refractivity contribution in [3.63, 3.8) is 0 Å². The zero-order chi connectivity index (χ0) is 15.7. The molecule has 116 valence electrons. The number of carbonyl (C=O) groups excluding carboxylic acids is 1. The van der Waals surface area contributed by atoms with Gasteiger partial charge in [-0.05, 0) is 32.3 Å². The molecular formula is C17H20N2O3. The summed E-state index contributed by atoms with van der Waals surface area (Å²) >= 11 is 0. The Morgan fingerprint density at radius 2 is 2.23 bits per heavy atom. The molecule has 2 unspecified atom stereocenters. The van der Waals surface area contributed by atoms with E-state index in [0.29, 0.717) is 24.0 Å². The van der Waals surface area contributed by atoms with Crippen LogP contribution in [0.4, 0.5) is 0 Å². The van der Waals surface area contributed by atoms with E-state index in [9.17, 15) is 14.7 Å². The lowest BCUT2D eigenvalue weighted by Gasteiger charge is -2.26. The molecule has 2 atom stereocenters. The average molecular weight is 300 g/mol. The summed E-state index contributed by atoms with van der Waals surface area (Å²) < 4.78 is 0. The number of hydrogen-bond donors (Lipinski definition) is 2. The number of aliphatic hydroxyl groups excluding tert-OH is 1. The summed E-state index contributed by atoms with van der Waals surface area (Å²) in [5, 5.41) is 10.4. The highest BCUT2D eigenvalue weighted by molar-refractivity contribution is 6.06. The molecule has 2 N–H and O–H groups in total. The first kappa shape index (κ1) is 14.8. The van der Waals surface area contributed by atoms with E-state index in [2.05, 4.69) is 4.98 Å². The minimum atomic E-state index is -0.436. The Bertz CT molecular complexity index is 751. The van der Waals surface area contributed by atoms with E-state index in [4.69, 9.17) is 0 Å². The Hall–Kier alpha value is -2.14. The number of aromatic nitrogens is 1. The molecule has 0 aliphatic carbocycles. The van der Waals surface area contributed by atoms with Crippen LogP contribution in [0.5, 0.6) is 0 Å². The first-order valence-electron chi connectivity index (χ1n) is 7.67. The molecule has 0 radical (unpaired) electrons. The van der Waals surface area contributed by atoms with Crippen molar-refractivity contribution >= 4 is 16.8 Å². The fourth-order valence-electron chi connectivity index (χ4n) is 3.28. The van der Waals surface area contributed by atoms with Crippen LogP contribution in [0.3, 0.4) is 0 Å². The van der Waals surface area contributed by atoms with Gasteiger partial charge < -0.3 is 15.0 Å². The zero-order valence-corrected chi connectivity index (χ0v) is 12.6. The molecule has 1 aliphatic heterocycles. The van der Waals surface area contributed by atoms with Crippen LogP contribution >= 0.6 is 0 Å². The molecular weight excluding hydrogens is 280 g/mol. The van der Waals surface area contributed by atoms with Gasteiger partial charge in [0.25, 0.3) is 5.91 Å². The van der Waals surface area contributed by atoms with Gasteiger partial charge in [-0.2, -0.15) is 0 Å². The summed E-state index contributed by atoms with van der Waals surface area (Å²) in [6.45, 7) is 2.42. The zero-order valence-electron chi connectivity index (χ0n) is 12.6. The van der Waals surface area contributed by atoms with Crippen molar-refractivity contribution in [3.8, 4) is 0 Å². The van der Waals surface area contributed by atoms with Crippen molar-refractivity contribution < 1.29 is 9.90 Å². The van der Waals surface area contributed by atoms with Crippen molar-refractivity contribution in [2.45, 2.75) is 38.3 Å². The van der Waals surface area contributed by atoms with Gasteiger partial charge in [-0.25, -0.2) is 0 Å². The summed E-state index contributed by atoms with van der Waals surface area (Å²) in [6.07, 6.45) is 1.98. The highest BCUT2D eigenvalue weighted by atomic mass is 16.3. The van der Waals surface area contributed by atoms with Gasteiger partial charge in [-0.1, -0.05) is 18.2 Å². The van der Waals surface area contributed by atoms with E-state index in [-0.39, 0.29) is 17.5 Å². The molecule has 5 nitrogen and oxygen atoms in total. The summed E-state index contributed by atoms with van der Waals surface area (Å²) in [7, 11) is 0. The highest BCUT2D eigenvalue weighted by Gasteiger charge is 2.31. The predicted octanol–water partition coefficient (Wildman–Crippen LogP) is 1.90. The molecule has 5 heteroatoms. The van der Waals surface area contributed by atoms with Crippen molar-refractivity contribution in [2.75, 3.05) is 6.54 Å². The van der Waals surface area contributed by atoms with Gasteiger partial charge in [0.15, 0.2) is 0 Å². The number of nitrogens with one attached hydrogen (secondary N) is 1. The Balaban J connectivity index is 2.00. The van der Waals surface area contributed by atoms with Gasteiger partial charge in [0.1, 0.15) is 0 Å². The number of rotatable bonds is 3. The van der Waals surface area contributed by atoms with Gasteiger partial charge in [-0.15, -0.1) is 0 Å². The molecule has 1 amide bonds. The van der Waals surface area contributed by atoms with Crippen LogP contribution in [-0.4, -0.2) is 39.6 Å². The van der Waals surface area contributed by atoms with Crippen LogP contribution in [0, 0.1) is 0 Å². The van der Waals surface area contributed by atoms with Gasteiger partial charge in [-0.3, -0.25) is 9.59 Å². The lowest BCUT2D eigenvalue weighted by molar-refractivity contribution is 0.0684. The smallest absolute Gasteiger partial charge is 0.254 e. The van der Waals surface area contributed by atoms with Crippen LogP contribution in [0.2, 0.25) is 0 Å². The van der Waals surface area contributed by atoms with Gasteiger partial charge in [0.05, 0.1) is 11.7 Å². The normalized spacial score (nSPS) is 19.5. The summed E-state index contributed by atoms with van der Waals surface area (Å²) in [5.74, 6) is -0.120. The highest BCUT2D eigenvalue weighted by Crippen LogP contribution is 2.25. The molecule has 1 fully saturated rings. The topological polar surface area (TPSA) is 73.4 Å². The number of carbonyl (C=O) groups is 1. The van der Waals surface area contributed by atoms with E-state index in [1.54, 1.807) is 17.9 Å². The second-order valence-electron chi connectivity index (χ2n) is 5.97. The van der Waals surface area contributed by atoms with Gasteiger partial charge in [0, 0.05) is 29.6 Å². The van der Waals surface area contributed by atoms with Gasteiger partial charge >= 0.3 is 0 Å². The van der Waals surface area contributed by atoms with Crippen LogP contribution in [0.15, 0.2) is 35.1 Å². The predicted molar refractivity (Wildman–Crippen MR) is 84.9 cm³/mol. The third kappa shape index (κ3) is 2.76. The number of para-hydroxylation sites is 1. The van der Waals surface area contributed by atoms with Crippen molar-refractivity contribution in [1.82, 2.24) is 9.88 Å². The lowest BCUT2D eigenvalue weighted by Crippen LogP contribution is -2.37. The lowest BCUT2D eigenvalue weighted by atomic mass is 10.1. The third-order valence-corrected chi connectivity index (χ3v) is 4.23. The van der Waals surface area contributed by atoms with E-state index in [0.717, 1.165) is 18.2 Å². The maximum Gasteiger partial charge on any atom is 0.254 e. The minimum absolute atomic E-state index is 0.0468. The fourth-order valence-corrected chi connectivity index (χ4v) is 3.28. The van der Waals surface area contributed by atoms with Crippen molar-refractivity contribution in [3.05, 3.63) is 46.2 Å². The quantitative estimate of drug-likeness (QED) is 0.909.